The van der Waals surface area contributed by atoms with Crippen LogP contribution in [0.3, 0.4) is 0 Å². The van der Waals surface area contributed by atoms with Gasteiger partial charge in [-0.2, -0.15) is 18.3 Å². The number of fused-ring (bicyclic) bond motifs is 1. The minimum Gasteiger partial charge on any atom is -0.493 e. The summed E-state index contributed by atoms with van der Waals surface area (Å²) in [6.45, 7) is 1.02. The van der Waals surface area contributed by atoms with E-state index < -0.39 is 24.8 Å². The quantitative estimate of drug-likeness (QED) is 0.541. The number of aromatic nitrogens is 5. The van der Waals surface area contributed by atoms with Crippen LogP contribution in [0, 0.1) is 5.92 Å². The Morgan fingerprint density at radius 1 is 1.13 bits per heavy atom. The van der Waals surface area contributed by atoms with Crippen LogP contribution >= 0.6 is 0 Å². The van der Waals surface area contributed by atoms with Gasteiger partial charge in [-0.15, -0.1) is 0 Å². The monoisotopic (exact) mass is 442 g/mol. The standard InChI is InChI=1S/C19H19F5N6O/c20-16(21)10-30-18-14(8-27-30)26-9-17(28-18)29-5-2-12(3-6-29)11-31-13-1-4-25-15(7-13)19(22,23)24/h1,4,7-9,12,16H,2-3,5-6,10-11H2. The second-order valence-electron chi connectivity index (χ2n) is 7.27. The van der Waals surface area contributed by atoms with Crippen LogP contribution in [0.1, 0.15) is 18.5 Å². The number of rotatable bonds is 6. The number of alkyl halides is 5. The van der Waals surface area contributed by atoms with Gasteiger partial charge in [0.2, 0.25) is 0 Å². The number of halogens is 5. The van der Waals surface area contributed by atoms with E-state index in [0.29, 0.717) is 36.7 Å². The van der Waals surface area contributed by atoms with E-state index >= 15 is 0 Å². The number of pyridine rings is 1. The zero-order valence-corrected chi connectivity index (χ0v) is 16.3. The van der Waals surface area contributed by atoms with Crippen molar-refractivity contribution in [3.63, 3.8) is 0 Å². The van der Waals surface area contributed by atoms with E-state index in [1.54, 1.807) is 6.20 Å². The van der Waals surface area contributed by atoms with E-state index in [2.05, 4.69) is 20.1 Å². The highest BCUT2D eigenvalue weighted by atomic mass is 19.4. The third-order valence-electron chi connectivity index (χ3n) is 5.09. The van der Waals surface area contributed by atoms with E-state index in [0.717, 1.165) is 29.8 Å². The predicted octanol–water partition coefficient (Wildman–Crippen LogP) is 3.80. The Bertz CT molecular complexity index is 1030. The van der Waals surface area contributed by atoms with Crippen molar-refractivity contribution in [2.75, 3.05) is 24.6 Å². The first-order chi connectivity index (χ1) is 14.8. The smallest absolute Gasteiger partial charge is 0.433 e. The molecule has 31 heavy (non-hydrogen) atoms. The Labute approximate surface area is 173 Å². The first kappa shape index (κ1) is 21.2. The van der Waals surface area contributed by atoms with Crippen LogP contribution in [0.25, 0.3) is 11.2 Å². The molecule has 12 heteroatoms. The number of ether oxygens (including phenoxy) is 1. The van der Waals surface area contributed by atoms with Crippen LogP contribution < -0.4 is 9.64 Å². The normalized spacial score (nSPS) is 15.7. The van der Waals surface area contributed by atoms with Crippen LogP contribution in [0.5, 0.6) is 5.75 Å². The molecule has 0 N–H and O–H groups in total. The molecule has 1 aliphatic heterocycles. The molecule has 0 radical (unpaired) electrons. The topological polar surface area (TPSA) is 69.0 Å². The maximum absolute atomic E-state index is 12.8. The molecule has 0 aliphatic carbocycles. The number of piperidine rings is 1. The number of hydrogen-bond donors (Lipinski definition) is 0. The summed E-state index contributed by atoms with van der Waals surface area (Å²) >= 11 is 0. The zero-order valence-electron chi connectivity index (χ0n) is 16.3. The molecule has 0 unspecified atom stereocenters. The molecule has 0 bridgehead atoms. The van der Waals surface area contributed by atoms with Crippen LogP contribution in [0.2, 0.25) is 0 Å². The molecule has 0 saturated carbocycles. The average molecular weight is 442 g/mol. The maximum Gasteiger partial charge on any atom is 0.433 e. The molecule has 3 aromatic heterocycles. The summed E-state index contributed by atoms with van der Waals surface area (Å²) in [5.74, 6) is 0.875. The highest BCUT2D eigenvalue weighted by molar-refractivity contribution is 5.71. The van der Waals surface area contributed by atoms with Crippen molar-refractivity contribution < 1.29 is 26.7 Å². The molecular weight excluding hydrogens is 423 g/mol. The zero-order chi connectivity index (χ0) is 22.0. The summed E-state index contributed by atoms with van der Waals surface area (Å²) in [5.41, 5.74) is -0.232. The molecule has 0 atom stereocenters. The minimum absolute atomic E-state index is 0.133. The fourth-order valence-corrected chi connectivity index (χ4v) is 3.46. The van der Waals surface area contributed by atoms with Gasteiger partial charge in [-0.3, -0.25) is 4.98 Å². The third-order valence-corrected chi connectivity index (χ3v) is 5.09. The van der Waals surface area contributed by atoms with Crippen LogP contribution in [-0.4, -0.2) is 50.9 Å². The van der Waals surface area contributed by atoms with Crippen molar-refractivity contribution in [1.82, 2.24) is 24.7 Å². The van der Waals surface area contributed by atoms with Gasteiger partial charge in [-0.25, -0.2) is 23.4 Å². The summed E-state index contributed by atoms with van der Waals surface area (Å²) in [6, 6.07) is 2.29. The van der Waals surface area contributed by atoms with E-state index in [1.165, 1.54) is 12.3 Å². The number of anilines is 1. The molecule has 166 valence electrons. The van der Waals surface area contributed by atoms with Gasteiger partial charge in [0.15, 0.2) is 5.65 Å². The van der Waals surface area contributed by atoms with Gasteiger partial charge in [0.25, 0.3) is 6.43 Å². The SMILES string of the molecule is FC(F)Cn1ncc2ncc(N3CCC(COc4ccnc(C(F)(F)F)c4)CC3)nc21. The van der Waals surface area contributed by atoms with E-state index in [4.69, 9.17) is 4.74 Å². The maximum atomic E-state index is 12.8. The van der Waals surface area contributed by atoms with Crippen LogP contribution in [0.15, 0.2) is 30.7 Å². The first-order valence-electron chi connectivity index (χ1n) is 9.67. The largest absolute Gasteiger partial charge is 0.493 e. The van der Waals surface area contributed by atoms with Crippen molar-refractivity contribution in [2.24, 2.45) is 5.92 Å². The number of hydrogen-bond acceptors (Lipinski definition) is 6. The van der Waals surface area contributed by atoms with Gasteiger partial charge in [0.1, 0.15) is 29.3 Å². The molecule has 1 saturated heterocycles. The molecule has 0 aromatic carbocycles. The van der Waals surface area contributed by atoms with Gasteiger partial charge >= 0.3 is 6.18 Å². The second kappa shape index (κ2) is 8.60. The Morgan fingerprint density at radius 2 is 1.90 bits per heavy atom. The van der Waals surface area contributed by atoms with Gasteiger partial charge in [-0.1, -0.05) is 0 Å². The molecule has 4 rings (SSSR count). The Morgan fingerprint density at radius 3 is 2.61 bits per heavy atom. The van der Waals surface area contributed by atoms with E-state index in [-0.39, 0.29) is 11.7 Å². The molecule has 4 heterocycles. The third kappa shape index (κ3) is 5.00. The van der Waals surface area contributed by atoms with Gasteiger partial charge in [-0.05, 0) is 24.8 Å². The van der Waals surface area contributed by atoms with Crippen LogP contribution in [0.4, 0.5) is 27.8 Å². The summed E-state index contributed by atoms with van der Waals surface area (Å²) in [6.07, 6.45) is -1.51. The Kier molecular flexibility index (Phi) is 5.88. The summed E-state index contributed by atoms with van der Waals surface area (Å²) in [4.78, 5) is 14.0. The lowest BCUT2D eigenvalue weighted by molar-refractivity contribution is -0.141. The van der Waals surface area contributed by atoms with E-state index in [1.807, 2.05) is 4.90 Å². The lowest BCUT2D eigenvalue weighted by Crippen LogP contribution is -2.36. The first-order valence-corrected chi connectivity index (χ1v) is 9.67. The Hall–Kier alpha value is -3.05. The number of nitrogens with zero attached hydrogens (tertiary/aromatic N) is 6. The highest BCUT2D eigenvalue weighted by Crippen LogP contribution is 2.30. The molecular formula is C19H19F5N6O. The summed E-state index contributed by atoms with van der Waals surface area (Å²) < 4.78 is 70.4. The summed E-state index contributed by atoms with van der Waals surface area (Å²) in [7, 11) is 0. The van der Waals surface area contributed by atoms with Crippen molar-refractivity contribution >= 4 is 17.0 Å². The van der Waals surface area contributed by atoms with Crippen LogP contribution in [-0.2, 0) is 12.7 Å². The molecule has 0 amide bonds. The van der Waals surface area contributed by atoms with Crippen molar-refractivity contribution in [3.05, 3.63) is 36.4 Å². The second-order valence-corrected chi connectivity index (χ2v) is 7.27. The van der Waals surface area contributed by atoms with Gasteiger partial charge in [0, 0.05) is 25.4 Å². The van der Waals surface area contributed by atoms with E-state index in [9.17, 15) is 22.0 Å². The highest BCUT2D eigenvalue weighted by Gasteiger charge is 2.32. The predicted molar refractivity (Wildman–Crippen MR) is 101 cm³/mol. The average Bonchev–Trinajstić information content (AvgIpc) is 3.14. The minimum atomic E-state index is -4.52. The fraction of sp³-hybridized carbons (Fsp3) is 0.474. The Balaban J connectivity index is 1.35. The lowest BCUT2D eigenvalue weighted by Gasteiger charge is -2.32. The van der Waals surface area contributed by atoms with Crippen molar-refractivity contribution in [3.8, 4) is 5.75 Å². The molecule has 1 fully saturated rings. The molecule has 7 nitrogen and oxygen atoms in total. The van der Waals surface area contributed by atoms with Crippen molar-refractivity contribution in [2.45, 2.75) is 32.0 Å². The lowest BCUT2D eigenvalue weighted by atomic mass is 9.98. The van der Waals surface area contributed by atoms with Gasteiger partial charge < -0.3 is 9.64 Å². The van der Waals surface area contributed by atoms with Crippen molar-refractivity contribution in [1.29, 1.82) is 0 Å². The molecule has 3 aromatic rings. The summed E-state index contributed by atoms with van der Waals surface area (Å²) in [5, 5.41) is 3.91. The molecule has 1 aliphatic rings. The fourth-order valence-electron chi connectivity index (χ4n) is 3.46. The van der Waals surface area contributed by atoms with Gasteiger partial charge in [0.05, 0.1) is 19.0 Å². The molecule has 0 spiro atoms.